The number of hydrogen-bond acceptors (Lipinski definition) is 4. The van der Waals surface area contributed by atoms with Crippen LogP contribution in [0.4, 0.5) is 10.5 Å². The second kappa shape index (κ2) is 12.0. The fourth-order valence-corrected chi connectivity index (χ4v) is 4.48. The quantitative estimate of drug-likeness (QED) is 0.287. The van der Waals surface area contributed by atoms with Crippen molar-refractivity contribution in [2.45, 2.75) is 66.2 Å². The molecule has 0 aliphatic rings. The van der Waals surface area contributed by atoms with Crippen molar-refractivity contribution in [2.24, 2.45) is 5.92 Å². The van der Waals surface area contributed by atoms with Gasteiger partial charge in [0.15, 0.2) is 0 Å². The molecule has 0 saturated carbocycles. The number of anilines is 1. The van der Waals surface area contributed by atoms with Gasteiger partial charge in [0.2, 0.25) is 0 Å². The minimum absolute atomic E-state index is 0.331. The monoisotopic (exact) mass is 527 g/mol. The number of rotatable bonds is 7. The van der Waals surface area contributed by atoms with Crippen molar-refractivity contribution in [1.29, 1.82) is 0 Å². The molecule has 0 radical (unpaired) electrons. The van der Waals surface area contributed by atoms with Gasteiger partial charge in [-0.15, -0.1) is 0 Å². The van der Waals surface area contributed by atoms with Crippen LogP contribution in [0.3, 0.4) is 0 Å². The Morgan fingerprint density at radius 3 is 2.10 bits per heavy atom. The number of nitrogens with zero attached hydrogens (tertiary/aromatic N) is 1. The molecule has 0 fully saturated rings. The van der Waals surface area contributed by atoms with Gasteiger partial charge in [0.25, 0.3) is 11.8 Å². The average Bonchev–Trinajstić information content (AvgIpc) is 2.85. The second-order valence-corrected chi connectivity index (χ2v) is 11.0. The Hall–Kier alpha value is -4.31. The SMILES string of the molecule is C#CN(C(=O)C(NC(=O)OC(C)(C)C)C(C)C)C(C(=O)Nc1ccc2ccccc2c1)c1c(C)cccc1C. The van der Waals surface area contributed by atoms with Gasteiger partial charge in [-0.25, -0.2) is 4.79 Å². The van der Waals surface area contributed by atoms with Crippen LogP contribution in [0.25, 0.3) is 10.8 Å². The fraction of sp³-hybridized carbons (Fsp3) is 0.344. The number of alkyl carbamates (subject to hydrolysis) is 1. The fourth-order valence-electron chi connectivity index (χ4n) is 4.48. The van der Waals surface area contributed by atoms with Crippen LogP contribution in [-0.2, 0) is 14.3 Å². The molecule has 0 bridgehead atoms. The van der Waals surface area contributed by atoms with E-state index in [1.165, 1.54) is 0 Å². The molecule has 3 rings (SSSR count). The summed E-state index contributed by atoms with van der Waals surface area (Å²) in [6.07, 6.45) is 5.18. The lowest BCUT2D eigenvalue weighted by molar-refractivity contribution is -0.137. The molecular weight excluding hydrogens is 490 g/mol. The number of benzene rings is 3. The molecule has 3 aromatic carbocycles. The zero-order chi connectivity index (χ0) is 28.9. The Morgan fingerprint density at radius 2 is 1.54 bits per heavy atom. The van der Waals surface area contributed by atoms with Crippen LogP contribution >= 0.6 is 0 Å². The highest BCUT2D eigenvalue weighted by atomic mass is 16.6. The van der Waals surface area contributed by atoms with Crippen molar-refractivity contribution in [2.75, 3.05) is 5.32 Å². The Kier molecular flexibility index (Phi) is 9.03. The third kappa shape index (κ3) is 7.17. The van der Waals surface area contributed by atoms with Gasteiger partial charge in [-0.1, -0.05) is 68.8 Å². The molecule has 2 atom stereocenters. The molecule has 0 aliphatic heterocycles. The molecule has 2 N–H and O–H groups in total. The van der Waals surface area contributed by atoms with Gasteiger partial charge < -0.3 is 15.4 Å². The van der Waals surface area contributed by atoms with E-state index in [4.69, 9.17) is 11.2 Å². The number of ether oxygens (including phenoxy) is 1. The average molecular weight is 528 g/mol. The van der Waals surface area contributed by atoms with Gasteiger partial charge >= 0.3 is 6.09 Å². The zero-order valence-corrected chi connectivity index (χ0v) is 23.7. The molecule has 7 nitrogen and oxygen atoms in total. The maximum atomic E-state index is 13.9. The van der Waals surface area contributed by atoms with E-state index < -0.39 is 35.6 Å². The van der Waals surface area contributed by atoms with E-state index in [0.717, 1.165) is 26.8 Å². The number of amides is 3. The Balaban J connectivity index is 2.03. The van der Waals surface area contributed by atoms with E-state index in [2.05, 4.69) is 16.7 Å². The van der Waals surface area contributed by atoms with Crippen LogP contribution in [0.2, 0.25) is 0 Å². The topological polar surface area (TPSA) is 87.7 Å². The summed E-state index contributed by atoms with van der Waals surface area (Å²) in [5, 5.41) is 7.61. The maximum absolute atomic E-state index is 13.9. The standard InChI is InChI=1S/C32H37N3O4/c1-9-35(30(37)27(20(2)3)34-31(38)39-32(6,7)8)28(26-21(4)13-12-14-22(26)5)29(36)33-25-18-17-23-15-10-11-16-24(23)19-25/h1,10-20,27-28H,2-8H3,(H,33,36)(H,34,38). The highest BCUT2D eigenvalue weighted by Crippen LogP contribution is 2.30. The van der Waals surface area contributed by atoms with Crippen LogP contribution in [0.1, 0.15) is 57.4 Å². The van der Waals surface area contributed by atoms with Gasteiger partial charge in [0.05, 0.1) is 0 Å². The van der Waals surface area contributed by atoms with Crippen LogP contribution in [0.15, 0.2) is 60.7 Å². The molecule has 2 unspecified atom stereocenters. The molecule has 0 aliphatic carbocycles. The van der Waals surface area contributed by atoms with Gasteiger partial charge in [-0.05, 0) is 80.1 Å². The van der Waals surface area contributed by atoms with Crippen molar-refractivity contribution in [3.05, 3.63) is 77.4 Å². The summed E-state index contributed by atoms with van der Waals surface area (Å²) in [5.74, 6) is -1.38. The molecule has 0 saturated heterocycles. The van der Waals surface area contributed by atoms with E-state index in [-0.39, 0.29) is 5.92 Å². The summed E-state index contributed by atoms with van der Waals surface area (Å²) in [5.41, 5.74) is 2.07. The summed E-state index contributed by atoms with van der Waals surface area (Å²) in [7, 11) is 0. The number of nitrogens with one attached hydrogen (secondary N) is 2. The predicted octanol–water partition coefficient (Wildman–Crippen LogP) is 6.11. The highest BCUT2D eigenvalue weighted by molar-refractivity contribution is 6.01. The molecule has 204 valence electrons. The van der Waals surface area contributed by atoms with Crippen LogP contribution in [-0.4, -0.2) is 34.5 Å². The van der Waals surface area contributed by atoms with Crippen LogP contribution in [0, 0.1) is 32.2 Å². The molecule has 39 heavy (non-hydrogen) atoms. The molecule has 0 aromatic heterocycles. The lowest BCUT2D eigenvalue weighted by Gasteiger charge is -2.33. The molecule has 0 heterocycles. The first kappa shape index (κ1) is 29.2. The molecule has 0 spiro atoms. The lowest BCUT2D eigenvalue weighted by Crippen LogP contribution is -2.53. The van der Waals surface area contributed by atoms with E-state index in [0.29, 0.717) is 11.3 Å². The maximum Gasteiger partial charge on any atom is 0.408 e. The first-order chi connectivity index (χ1) is 18.3. The Morgan fingerprint density at radius 1 is 0.923 bits per heavy atom. The first-order valence-corrected chi connectivity index (χ1v) is 13.0. The number of hydrogen-bond donors (Lipinski definition) is 2. The smallest absolute Gasteiger partial charge is 0.408 e. The van der Waals surface area contributed by atoms with Gasteiger partial charge in [-0.3, -0.25) is 14.5 Å². The van der Waals surface area contributed by atoms with Crippen molar-refractivity contribution < 1.29 is 19.1 Å². The largest absolute Gasteiger partial charge is 0.444 e. The van der Waals surface area contributed by atoms with Crippen molar-refractivity contribution in [3.8, 4) is 12.5 Å². The predicted molar refractivity (Wildman–Crippen MR) is 155 cm³/mol. The first-order valence-electron chi connectivity index (χ1n) is 13.0. The molecule has 3 aromatic rings. The number of carbonyl (C=O) groups excluding carboxylic acids is 3. The zero-order valence-electron chi connectivity index (χ0n) is 23.7. The third-order valence-electron chi connectivity index (χ3n) is 6.32. The number of aryl methyl sites for hydroxylation is 2. The van der Waals surface area contributed by atoms with Crippen molar-refractivity contribution in [3.63, 3.8) is 0 Å². The number of terminal acetylenes is 1. The Bertz CT molecular complexity index is 1390. The highest BCUT2D eigenvalue weighted by Gasteiger charge is 2.38. The van der Waals surface area contributed by atoms with Crippen LogP contribution < -0.4 is 10.6 Å². The lowest BCUT2D eigenvalue weighted by atomic mass is 9.93. The van der Waals surface area contributed by atoms with E-state index >= 15 is 0 Å². The number of fused-ring (bicyclic) bond motifs is 1. The van der Waals surface area contributed by atoms with Gasteiger partial charge in [0, 0.05) is 11.7 Å². The van der Waals surface area contributed by atoms with Crippen molar-refractivity contribution in [1.82, 2.24) is 10.2 Å². The molecular formula is C32H37N3O4. The van der Waals surface area contributed by atoms with Crippen molar-refractivity contribution >= 4 is 34.4 Å². The summed E-state index contributed by atoms with van der Waals surface area (Å²) < 4.78 is 5.38. The Labute approximate surface area is 230 Å². The normalized spacial score (nSPS) is 12.8. The van der Waals surface area contributed by atoms with E-state index in [1.807, 2.05) is 74.5 Å². The second-order valence-electron chi connectivity index (χ2n) is 11.0. The van der Waals surface area contributed by atoms with Gasteiger partial charge in [-0.2, -0.15) is 0 Å². The summed E-state index contributed by atoms with van der Waals surface area (Å²) in [6, 6.07) is 19.3. The summed E-state index contributed by atoms with van der Waals surface area (Å²) >= 11 is 0. The van der Waals surface area contributed by atoms with E-state index in [9.17, 15) is 14.4 Å². The third-order valence-corrected chi connectivity index (χ3v) is 6.32. The number of carbonyl (C=O) groups is 3. The minimum Gasteiger partial charge on any atom is -0.444 e. The van der Waals surface area contributed by atoms with E-state index in [1.54, 1.807) is 34.6 Å². The summed E-state index contributed by atoms with van der Waals surface area (Å²) in [4.78, 5) is 41.5. The van der Waals surface area contributed by atoms with Gasteiger partial charge in [0.1, 0.15) is 17.7 Å². The minimum atomic E-state index is -1.14. The summed E-state index contributed by atoms with van der Waals surface area (Å²) in [6.45, 7) is 12.5. The molecule has 7 heteroatoms. The van der Waals surface area contributed by atoms with Crippen LogP contribution in [0.5, 0.6) is 0 Å². The molecule has 3 amide bonds.